The van der Waals surface area contributed by atoms with Gasteiger partial charge in [0.2, 0.25) is 5.91 Å². The molecule has 194 valence electrons. The average Bonchev–Trinajstić information content (AvgIpc) is 3.27. The number of aromatic nitrogens is 3. The second kappa shape index (κ2) is 11.3. The summed E-state index contributed by atoms with van der Waals surface area (Å²) in [6.45, 7) is 2.00. The molecule has 2 aromatic heterocycles. The highest BCUT2D eigenvalue weighted by Crippen LogP contribution is 2.25. The molecule has 2 N–H and O–H groups in total. The molecule has 12 heteroatoms. The molecule has 1 aliphatic rings. The lowest BCUT2D eigenvalue weighted by Crippen LogP contribution is -2.40. The Morgan fingerprint density at radius 2 is 1.74 bits per heavy atom. The van der Waals surface area contributed by atoms with Crippen molar-refractivity contribution in [3.63, 3.8) is 0 Å². The van der Waals surface area contributed by atoms with Gasteiger partial charge in [0.1, 0.15) is 12.4 Å². The van der Waals surface area contributed by atoms with Gasteiger partial charge in [-0.2, -0.15) is 0 Å². The molecule has 3 amide bonds. The zero-order valence-electron chi connectivity index (χ0n) is 20.1. The maximum atomic E-state index is 12.6. The number of halogens is 1. The topological polar surface area (TPSA) is 128 Å². The molecule has 2 aromatic carbocycles. The molecule has 0 spiro atoms. The number of pyridine rings is 1. The van der Waals surface area contributed by atoms with E-state index in [1.807, 2.05) is 0 Å². The molecule has 3 heterocycles. The lowest BCUT2D eigenvalue weighted by atomic mass is 10.1. The van der Waals surface area contributed by atoms with E-state index in [2.05, 4.69) is 20.7 Å². The van der Waals surface area contributed by atoms with E-state index in [1.54, 1.807) is 65.6 Å². The van der Waals surface area contributed by atoms with Crippen LogP contribution in [0.25, 0.3) is 10.9 Å². The van der Waals surface area contributed by atoms with E-state index < -0.39 is 6.09 Å². The number of carbonyl (C=O) groups is 3. The van der Waals surface area contributed by atoms with Crippen LogP contribution in [-0.2, 0) is 16.1 Å². The van der Waals surface area contributed by atoms with Gasteiger partial charge in [0, 0.05) is 30.5 Å². The smallest absolute Gasteiger partial charge is 0.389 e. The second-order valence-electron chi connectivity index (χ2n) is 8.39. The Morgan fingerprint density at radius 1 is 0.974 bits per heavy atom. The number of fused-ring (bicyclic) bond motifs is 1. The van der Waals surface area contributed by atoms with Crippen molar-refractivity contribution in [1.29, 1.82) is 0 Å². The van der Waals surface area contributed by atoms with Crippen molar-refractivity contribution in [3.05, 3.63) is 77.4 Å². The summed E-state index contributed by atoms with van der Waals surface area (Å²) < 4.78 is 12.2. The highest BCUT2D eigenvalue weighted by Gasteiger charge is 2.19. The number of rotatable bonds is 6. The molecule has 0 unspecified atom stereocenters. The number of hydrogen-bond donors (Lipinski definition) is 2. The van der Waals surface area contributed by atoms with Gasteiger partial charge >= 0.3 is 6.09 Å². The Hall–Kier alpha value is -4.48. The number of nitrogens with zero attached hydrogens (tertiary/aromatic N) is 4. The first-order chi connectivity index (χ1) is 18.5. The molecule has 0 radical (unpaired) electrons. The van der Waals surface area contributed by atoms with Crippen molar-refractivity contribution in [2.75, 3.05) is 36.9 Å². The van der Waals surface area contributed by atoms with Gasteiger partial charge in [-0.1, -0.05) is 23.7 Å². The molecule has 0 bridgehead atoms. The molecule has 0 atom stereocenters. The first-order valence-electron chi connectivity index (χ1n) is 11.8. The van der Waals surface area contributed by atoms with E-state index in [0.717, 1.165) is 0 Å². The monoisotopic (exact) mass is 534 g/mol. The lowest BCUT2D eigenvalue weighted by molar-refractivity contribution is -0.116. The Bertz CT molecular complexity index is 1470. The van der Waals surface area contributed by atoms with Gasteiger partial charge in [-0.05, 0) is 48.5 Å². The quantitative estimate of drug-likeness (QED) is 0.385. The molecule has 1 fully saturated rings. The van der Waals surface area contributed by atoms with Crippen molar-refractivity contribution >= 4 is 51.9 Å². The zero-order chi connectivity index (χ0) is 26.5. The highest BCUT2D eigenvalue weighted by atomic mass is 35.5. The van der Waals surface area contributed by atoms with Crippen LogP contribution in [0.3, 0.4) is 0 Å². The first-order valence-corrected chi connectivity index (χ1v) is 12.2. The van der Waals surface area contributed by atoms with Crippen molar-refractivity contribution in [2.24, 2.45) is 0 Å². The normalized spacial score (nSPS) is 13.2. The van der Waals surface area contributed by atoms with Gasteiger partial charge in [-0.15, -0.1) is 5.10 Å². The van der Waals surface area contributed by atoms with Gasteiger partial charge < -0.3 is 19.7 Å². The van der Waals surface area contributed by atoms with Crippen molar-refractivity contribution < 1.29 is 23.9 Å². The highest BCUT2D eigenvalue weighted by molar-refractivity contribution is 6.30. The summed E-state index contributed by atoms with van der Waals surface area (Å²) in [5.41, 5.74) is 1.58. The fourth-order valence-electron chi connectivity index (χ4n) is 3.94. The summed E-state index contributed by atoms with van der Waals surface area (Å²) in [6.07, 6.45) is 0.670. The van der Waals surface area contributed by atoms with E-state index >= 15 is 0 Å². The molecule has 1 saturated heterocycles. The third-order valence-electron chi connectivity index (χ3n) is 5.78. The Morgan fingerprint density at radius 3 is 2.47 bits per heavy atom. The van der Waals surface area contributed by atoms with Crippen LogP contribution in [0.2, 0.25) is 5.02 Å². The molecule has 11 nitrogen and oxygen atoms in total. The van der Waals surface area contributed by atoms with E-state index in [4.69, 9.17) is 21.1 Å². The van der Waals surface area contributed by atoms with Crippen LogP contribution in [-0.4, -0.2) is 63.9 Å². The van der Waals surface area contributed by atoms with Crippen molar-refractivity contribution in [1.82, 2.24) is 19.7 Å². The predicted molar refractivity (Wildman–Crippen MR) is 140 cm³/mol. The van der Waals surface area contributed by atoms with Crippen LogP contribution in [0.15, 0.2) is 66.9 Å². The van der Waals surface area contributed by atoms with Crippen LogP contribution in [0.5, 0.6) is 5.88 Å². The number of nitrogens with one attached hydrogen (secondary N) is 2. The molecule has 4 aromatic rings. The van der Waals surface area contributed by atoms with Crippen LogP contribution in [0, 0.1) is 0 Å². The van der Waals surface area contributed by atoms with Crippen LogP contribution in [0.1, 0.15) is 10.4 Å². The summed E-state index contributed by atoms with van der Waals surface area (Å²) >= 11 is 5.83. The molecule has 38 heavy (non-hydrogen) atoms. The lowest BCUT2D eigenvalue weighted by Gasteiger charge is -2.26. The Balaban J connectivity index is 1.24. The number of morpholine rings is 1. The predicted octanol–water partition coefficient (Wildman–Crippen LogP) is 3.81. The molecular weight excluding hydrogens is 512 g/mol. The molecule has 0 saturated carbocycles. The first kappa shape index (κ1) is 25.2. The number of ether oxygens (including phenoxy) is 2. The van der Waals surface area contributed by atoms with E-state index in [-0.39, 0.29) is 24.2 Å². The largest absolute Gasteiger partial charge is 0.418 e. The third kappa shape index (κ3) is 5.90. The van der Waals surface area contributed by atoms with Crippen molar-refractivity contribution in [2.45, 2.75) is 6.54 Å². The number of anilines is 2. The van der Waals surface area contributed by atoms with Crippen molar-refractivity contribution in [3.8, 4) is 5.88 Å². The Labute approximate surface area is 222 Å². The number of carbonyl (C=O) groups excluding carboxylic acids is 3. The average molecular weight is 535 g/mol. The minimum absolute atomic E-state index is 0.0506. The minimum atomic E-state index is -0.762. The fourth-order valence-corrected chi connectivity index (χ4v) is 4.05. The van der Waals surface area contributed by atoms with Gasteiger partial charge in [0.25, 0.3) is 11.8 Å². The Kier molecular flexibility index (Phi) is 7.47. The maximum Gasteiger partial charge on any atom is 0.418 e. The van der Waals surface area contributed by atoms with E-state index in [9.17, 15) is 14.4 Å². The molecule has 5 rings (SSSR count). The summed E-state index contributed by atoms with van der Waals surface area (Å²) in [7, 11) is 0. The summed E-state index contributed by atoms with van der Waals surface area (Å²) in [5.74, 6) is -0.0508. The second-order valence-corrected chi connectivity index (χ2v) is 8.82. The third-order valence-corrected chi connectivity index (χ3v) is 6.00. The number of benzene rings is 2. The molecule has 1 aliphatic heterocycles. The van der Waals surface area contributed by atoms with Crippen LogP contribution < -0.4 is 15.4 Å². The number of para-hydroxylation sites is 1. The van der Waals surface area contributed by atoms with Gasteiger partial charge in [-0.25, -0.2) is 9.78 Å². The van der Waals surface area contributed by atoms with Gasteiger partial charge in [0.05, 0.1) is 29.1 Å². The number of amides is 3. The molecule has 0 aliphatic carbocycles. The van der Waals surface area contributed by atoms with Gasteiger partial charge in [-0.3, -0.25) is 19.6 Å². The van der Waals surface area contributed by atoms with E-state index in [0.29, 0.717) is 59.3 Å². The fraction of sp³-hybridized carbons (Fsp3) is 0.192. The standard InChI is InChI=1S/C26H23ClN6O5/c27-18-7-10-22(28-15-18)30-23(34)16-33-21-4-2-1-3-20(21)24(31-33)38-26(36)29-19-8-5-17(6-9-19)25(35)32-11-13-37-14-12-32/h1-10,15H,11-14,16H2,(H,29,36)(H,28,30,34). The minimum Gasteiger partial charge on any atom is -0.389 e. The summed E-state index contributed by atoms with van der Waals surface area (Å²) in [6, 6.07) is 16.8. The molecular formula is C26H23ClN6O5. The van der Waals surface area contributed by atoms with Gasteiger partial charge in [0.15, 0.2) is 0 Å². The summed E-state index contributed by atoms with van der Waals surface area (Å²) in [4.78, 5) is 43.6. The van der Waals surface area contributed by atoms with Crippen LogP contribution in [0.4, 0.5) is 16.3 Å². The van der Waals surface area contributed by atoms with Crippen LogP contribution >= 0.6 is 11.6 Å². The maximum absolute atomic E-state index is 12.6. The van der Waals surface area contributed by atoms with E-state index in [1.165, 1.54) is 10.9 Å². The summed E-state index contributed by atoms with van der Waals surface area (Å²) in [5, 5.41) is 10.7. The SMILES string of the molecule is O=C(Cn1nc(OC(=O)Nc2ccc(C(=O)N3CCOCC3)cc2)c2ccccc21)Nc1ccc(Cl)cn1. The zero-order valence-corrected chi connectivity index (χ0v) is 20.9. The number of hydrogen-bond acceptors (Lipinski definition) is 7.